The van der Waals surface area contributed by atoms with Gasteiger partial charge in [0.25, 0.3) is 5.69 Å². The summed E-state index contributed by atoms with van der Waals surface area (Å²) in [6.07, 6.45) is 3.23. The fourth-order valence-corrected chi connectivity index (χ4v) is 2.86. The molecule has 0 bridgehead atoms. The monoisotopic (exact) mass is 419 g/mol. The largest absolute Gasteiger partial charge is 0.497 e. The minimum Gasteiger partial charge on any atom is -0.497 e. The van der Waals surface area contributed by atoms with Gasteiger partial charge in [-0.1, -0.05) is 12.1 Å². The normalized spacial score (nSPS) is 10.6. The summed E-state index contributed by atoms with van der Waals surface area (Å²) in [6.45, 7) is 0.203. The third-order valence-corrected chi connectivity index (χ3v) is 4.55. The minimum absolute atomic E-state index is 0.00130. The molecule has 7 nitrogen and oxygen atoms in total. The van der Waals surface area contributed by atoms with Crippen LogP contribution in [0.1, 0.15) is 21.5 Å². The van der Waals surface area contributed by atoms with Crippen molar-refractivity contribution in [1.82, 2.24) is 0 Å². The molecular formula is C24H21NO6. The first kappa shape index (κ1) is 21.6. The molecule has 0 aromatic heterocycles. The number of nitrogens with zero attached hydrogens (tertiary/aromatic N) is 1. The second-order valence-electron chi connectivity index (χ2n) is 6.54. The molecule has 0 unspecified atom stereocenters. The van der Waals surface area contributed by atoms with Crippen LogP contribution in [0.4, 0.5) is 5.69 Å². The van der Waals surface area contributed by atoms with Crippen LogP contribution in [0.2, 0.25) is 0 Å². The number of carbonyl (C=O) groups is 1. The van der Waals surface area contributed by atoms with Crippen molar-refractivity contribution < 1.29 is 23.9 Å². The number of nitro groups is 1. The number of nitro benzene ring substituents is 1. The predicted octanol–water partition coefficient (Wildman–Crippen LogP) is 5.09. The third kappa shape index (κ3) is 5.70. The van der Waals surface area contributed by atoms with Gasteiger partial charge in [0.2, 0.25) is 0 Å². The topological polar surface area (TPSA) is 87.9 Å². The van der Waals surface area contributed by atoms with E-state index in [2.05, 4.69) is 0 Å². The van der Waals surface area contributed by atoms with Crippen molar-refractivity contribution in [2.75, 3.05) is 14.2 Å². The number of hydrogen-bond donors (Lipinski definition) is 0. The van der Waals surface area contributed by atoms with E-state index in [1.807, 2.05) is 12.1 Å². The molecule has 7 heteroatoms. The third-order valence-electron chi connectivity index (χ3n) is 4.55. The molecule has 3 aromatic carbocycles. The fourth-order valence-electron chi connectivity index (χ4n) is 2.86. The number of allylic oxidation sites excluding steroid dienone is 1. The highest BCUT2D eigenvalue weighted by Crippen LogP contribution is 2.24. The SMILES string of the molecule is COc1ccc(C(=O)/C=C/c2ccc(OC)c(COc3ccc([N+](=O)[O-])cc3)c2)cc1. The molecule has 0 N–H and O–H groups in total. The second kappa shape index (κ2) is 10.1. The average Bonchev–Trinajstić information content (AvgIpc) is 2.81. The van der Waals surface area contributed by atoms with Crippen molar-refractivity contribution in [3.05, 3.63) is 99.6 Å². The quantitative estimate of drug-likeness (QED) is 0.208. The summed E-state index contributed by atoms with van der Waals surface area (Å²) in [5.41, 5.74) is 2.15. The molecule has 0 saturated heterocycles. The Balaban J connectivity index is 1.71. The van der Waals surface area contributed by atoms with Gasteiger partial charge in [0.05, 0.1) is 19.1 Å². The summed E-state index contributed by atoms with van der Waals surface area (Å²) in [7, 11) is 3.14. The van der Waals surface area contributed by atoms with Crippen molar-refractivity contribution in [1.29, 1.82) is 0 Å². The summed E-state index contributed by atoms with van der Waals surface area (Å²) in [6, 6.07) is 18.3. The predicted molar refractivity (Wildman–Crippen MR) is 117 cm³/mol. The van der Waals surface area contributed by atoms with Gasteiger partial charge in [0, 0.05) is 23.3 Å². The lowest BCUT2D eigenvalue weighted by atomic mass is 10.1. The van der Waals surface area contributed by atoms with Crippen LogP contribution in [0.25, 0.3) is 6.08 Å². The molecular weight excluding hydrogens is 398 g/mol. The van der Waals surface area contributed by atoms with E-state index in [1.165, 1.54) is 18.2 Å². The first-order chi connectivity index (χ1) is 15.0. The van der Waals surface area contributed by atoms with Gasteiger partial charge in [0.1, 0.15) is 23.9 Å². The highest BCUT2D eigenvalue weighted by molar-refractivity contribution is 6.06. The Bertz CT molecular complexity index is 1090. The fraction of sp³-hybridized carbons (Fsp3) is 0.125. The van der Waals surface area contributed by atoms with E-state index < -0.39 is 4.92 Å². The van der Waals surface area contributed by atoms with E-state index in [-0.39, 0.29) is 18.1 Å². The molecule has 0 saturated carbocycles. The molecule has 3 aromatic rings. The molecule has 0 aliphatic heterocycles. The van der Waals surface area contributed by atoms with Gasteiger partial charge >= 0.3 is 0 Å². The van der Waals surface area contributed by atoms with E-state index in [0.29, 0.717) is 22.8 Å². The second-order valence-corrected chi connectivity index (χ2v) is 6.54. The lowest BCUT2D eigenvalue weighted by molar-refractivity contribution is -0.384. The molecule has 31 heavy (non-hydrogen) atoms. The number of benzene rings is 3. The van der Waals surface area contributed by atoms with Crippen LogP contribution in [-0.2, 0) is 6.61 Å². The summed E-state index contributed by atoms with van der Waals surface area (Å²) < 4.78 is 16.2. The van der Waals surface area contributed by atoms with Crippen LogP contribution >= 0.6 is 0 Å². The Morgan fingerprint density at radius 3 is 2.23 bits per heavy atom. The van der Waals surface area contributed by atoms with Gasteiger partial charge in [-0.2, -0.15) is 0 Å². The lowest BCUT2D eigenvalue weighted by Gasteiger charge is -2.11. The van der Waals surface area contributed by atoms with Gasteiger partial charge in [-0.05, 0) is 60.2 Å². The molecule has 0 radical (unpaired) electrons. The Morgan fingerprint density at radius 2 is 1.61 bits per heavy atom. The number of hydrogen-bond acceptors (Lipinski definition) is 6. The maximum atomic E-state index is 12.4. The highest BCUT2D eigenvalue weighted by Gasteiger charge is 2.08. The summed E-state index contributed by atoms with van der Waals surface area (Å²) in [5, 5.41) is 10.8. The zero-order valence-electron chi connectivity index (χ0n) is 17.1. The highest BCUT2D eigenvalue weighted by atomic mass is 16.6. The first-order valence-electron chi connectivity index (χ1n) is 9.41. The van der Waals surface area contributed by atoms with Crippen LogP contribution in [0.3, 0.4) is 0 Å². The summed E-state index contributed by atoms with van der Waals surface area (Å²) in [5.74, 6) is 1.71. The van der Waals surface area contributed by atoms with Crippen molar-refractivity contribution in [2.24, 2.45) is 0 Å². The average molecular weight is 419 g/mol. The molecule has 0 heterocycles. The van der Waals surface area contributed by atoms with Gasteiger partial charge in [-0.15, -0.1) is 0 Å². The maximum Gasteiger partial charge on any atom is 0.269 e. The van der Waals surface area contributed by atoms with E-state index in [9.17, 15) is 14.9 Å². The van der Waals surface area contributed by atoms with E-state index in [0.717, 1.165) is 11.1 Å². The molecule has 0 aliphatic rings. The zero-order chi connectivity index (χ0) is 22.2. The number of ketones is 1. The molecule has 0 spiro atoms. The molecule has 158 valence electrons. The van der Waals surface area contributed by atoms with Crippen molar-refractivity contribution in [2.45, 2.75) is 6.61 Å². The molecule has 0 atom stereocenters. The Hall–Kier alpha value is -4.13. The van der Waals surface area contributed by atoms with E-state index in [4.69, 9.17) is 14.2 Å². The number of ether oxygens (including phenoxy) is 3. The molecule has 0 aliphatic carbocycles. The van der Waals surface area contributed by atoms with Crippen LogP contribution in [0.5, 0.6) is 17.2 Å². The summed E-state index contributed by atoms with van der Waals surface area (Å²) in [4.78, 5) is 22.7. The number of methoxy groups -OCH3 is 2. The Kier molecular flexibility index (Phi) is 7.01. The van der Waals surface area contributed by atoms with E-state index >= 15 is 0 Å². The smallest absolute Gasteiger partial charge is 0.269 e. The van der Waals surface area contributed by atoms with Crippen molar-refractivity contribution >= 4 is 17.5 Å². The number of non-ortho nitro benzene ring substituents is 1. The maximum absolute atomic E-state index is 12.4. The van der Waals surface area contributed by atoms with Crippen LogP contribution < -0.4 is 14.2 Å². The molecule has 3 rings (SSSR count). The van der Waals surface area contributed by atoms with Crippen LogP contribution in [0.15, 0.2) is 72.8 Å². The van der Waals surface area contributed by atoms with Crippen molar-refractivity contribution in [3.8, 4) is 17.2 Å². The Morgan fingerprint density at radius 1 is 0.935 bits per heavy atom. The van der Waals surface area contributed by atoms with Gasteiger partial charge in [0.15, 0.2) is 5.78 Å². The number of rotatable bonds is 9. The lowest BCUT2D eigenvalue weighted by Crippen LogP contribution is -2.00. The van der Waals surface area contributed by atoms with Crippen LogP contribution in [0, 0.1) is 10.1 Å². The van der Waals surface area contributed by atoms with Crippen molar-refractivity contribution in [3.63, 3.8) is 0 Å². The Labute approximate surface area is 179 Å². The number of carbonyl (C=O) groups excluding carboxylic acids is 1. The van der Waals surface area contributed by atoms with Gasteiger partial charge < -0.3 is 14.2 Å². The van der Waals surface area contributed by atoms with Gasteiger partial charge in [-0.25, -0.2) is 0 Å². The molecule has 0 fully saturated rings. The standard InChI is InChI=1S/C24H21NO6/c1-29-21-9-5-18(6-10-21)23(26)13-3-17-4-14-24(30-2)19(15-17)16-31-22-11-7-20(8-12-22)25(27)28/h3-15H,16H2,1-2H3/b13-3+. The van der Waals surface area contributed by atoms with Gasteiger partial charge in [-0.3, -0.25) is 14.9 Å². The summed E-state index contributed by atoms with van der Waals surface area (Å²) >= 11 is 0. The minimum atomic E-state index is -0.462. The first-order valence-corrected chi connectivity index (χ1v) is 9.41. The molecule has 0 amide bonds. The zero-order valence-corrected chi connectivity index (χ0v) is 17.1. The van der Waals surface area contributed by atoms with Crippen LogP contribution in [-0.4, -0.2) is 24.9 Å². The van der Waals surface area contributed by atoms with E-state index in [1.54, 1.807) is 62.8 Å².